The van der Waals surface area contributed by atoms with Crippen molar-refractivity contribution in [1.82, 2.24) is 14.8 Å². The quantitative estimate of drug-likeness (QED) is 0.428. The van der Waals surface area contributed by atoms with Gasteiger partial charge in [0, 0.05) is 32.6 Å². The number of amides is 2. The van der Waals surface area contributed by atoms with Crippen LogP contribution in [0.3, 0.4) is 0 Å². The molecule has 1 aromatic heterocycles. The largest absolute Gasteiger partial charge is 0.465 e. The number of hydrogen-bond acceptors (Lipinski definition) is 7. The maximum Gasteiger partial charge on any atom is 0.320 e. The second-order valence-corrected chi connectivity index (χ2v) is 12.0. The standard InChI is InChI=1S/C28H44N4O4S/c1-2-36-26(34)20-31-15-17-32(18-16-31)27(35)24-19-29-28(37-24)30-25(33)14-13-23(21-9-5-3-6-10-21)22-11-7-4-8-12-22/h19,21-23H,2-18,20H2,1H3,(H,29,30,33). The van der Waals surface area contributed by atoms with Gasteiger partial charge in [0.25, 0.3) is 5.91 Å². The summed E-state index contributed by atoms with van der Waals surface area (Å²) >= 11 is 1.25. The number of nitrogens with zero attached hydrogens (tertiary/aromatic N) is 3. The van der Waals surface area contributed by atoms with Crippen LogP contribution in [0.25, 0.3) is 0 Å². The molecule has 1 N–H and O–H groups in total. The summed E-state index contributed by atoms with van der Waals surface area (Å²) in [6, 6.07) is 0. The van der Waals surface area contributed by atoms with E-state index in [9.17, 15) is 14.4 Å². The van der Waals surface area contributed by atoms with Gasteiger partial charge in [-0.25, -0.2) is 4.98 Å². The average Bonchev–Trinajstić information content (AvgIpc) is 3.38. The number of esters is 1. The van der Waals surface area contributed by atoms with E-state index in [0.29, 0.717) is 55.1 Å². The maximum absolute atomic E-state index is 13.0. The van der Waals surface area contributed by atoms with Gasteiger partial charge in [-0.2, -0.15) is 0 Å². The van der Waals surface area contributed by atoms with Crippen LogP contribution in [0.1, 0.15) is 93.6 Å². The van der Waals surface area contributed by atoms with E-state index in [1.54, 1.807) is 18.0 Å². The van der Waals surface area contributed by atoms with Crippen molar-refractivity contribution in [1.29, 1.82) is 0 Å². The first-order chi connectivity index (χ1) is 18.0. The lowest BCUT2D eigenvalue weighted by molar-refractivity contribution is -0.144. The van der Waals surface area contributed by atoms with Crippen LogP contribution < -0.4 is 5.32 Å². The van der Waals surface area contributed by atoms with E-state index < -0.39 is 0 Å². The van der Waals surface area contributed by atoms with Crippen molar-refractivity contribution in [2.24, 2.45) is 17.8 Å². The summed E-state index contributed by atoms with van der Waals surface area (Å²) in [6.07, 6.45) is 16.5. The summed E-state index contributed by atoms with van der Waals surface area (Å²) in [4.78, 5) is 46.2. The zero-order valence-electron chi connectivity index (χ0n) is 22.4. The zero-order chi connectivity index (χ0) is 26.0. The van der Waals surface area contributed by atoms with E-state index in [-0.39, 0.29) is 24.3 Å². The van der Waals surface area contributed by atoms with Crippen molar-refractivity contribution < 1.29 is 19.1 Å². The number of nitrogens with one attached hydrogen (secondary N) is 1. The molecule has 4 rings (SSSR count). The van der Waals surface area contributed by atoms with Crippen LogP contribution >= 0.6 is 11.3 Å². The van der Waals surface area contributed by atoms with Crippen LogP contribution in [0.2, 0.25) is 0 Å². The summed E-state index contributed by atoms with van der Waals surface area (Å²) < 4.78 is 5.01. The Morgan fingerprint density at radius 2 is 1.62 bits per heavy atom. The van der Waals surface area contributed by atoms with E-state index in [1.807, 2.05) is 4.90 Å². The lowest BCUT2D eigenvalue weighted by atomic mass is 9.68. The molecule has 1 aliphatic heterocycles. The average molecular weight is 533 g/mol. The monoisotopic (exact) mass is 532 g/mol. The first-order valence-electron chi connectivity index (χ1n) is 14.5. The molecule has 3 aliphatic rings. The minimum atomic E-state index is -0.228. The highest BCUT2D eigenvalue weighted by Crippen LogP contribution is 2.42. The van der Waals surface area contributed by atoms with Crippen molar-refractivity contribution in [3.8, 4) is 0 Å². The van der Waals surface area contributed by atoms with E-state index >= 15 is 0 Å². The second kappa shape index (κ2) is 14.2. The Morgan fingerprint density at radius 3 is 2.22 bits per heavy atom. The molecule has 2 saturated carbocycles. The fraction of sp³-hybridized carbons (Fsp3) is 0.786. The smallest absolute Gasteiger partial charge is 0.320 e. The number of anilines is 1. The molecule has 0 atom stereocenters. The molecule has 2 aliphatic carbocycles. The number of ether oxygens (including phenoxy) is 1. The van der Waals surface area contributed by atoms with Crippen LogP contribution in [0.4, 0.5) is 5.13 Å². The van der Waals surface area contributed by atoms with Gasteiger partial charge in [0.05, 0.1) is 19.3 Å². The summed E-state index contributed by atoms with van der Waals surface area (Å²) in [6.45, 7) is 4.82. The van der Waals surface area contributed by atoms with Gasteiger partial charge in [0.15, 0.2) is 5.13 Å². The third-order valence-electron chi connectivity index (χ3n) is 8.50. The summed E-state index contributed by atoms with van der Waals surface area (Å²) in [5.74, 6) is 1.95. The molecule has 8 nitrogen and oxygen atoms in total. The molecule has 206 valence electrons. The Balaban J connectivity index is 1.24. The molecule has 0 aromatic carbocycles. The molecule has 2 amide bonds. The highest BCUT2D eigenvalue weighted by Gasteiger charge is 2.32. The minimum absolute atomic E-state index is 0.0116. The second-order valence-electron chi connectivity index (χ2n) is 10.9. The van der Waals surface area contributed by atoms with Gasteiger partial charge < -0.3 is 15.0 Å². The third kappa shape index (κ3) is 8.24. The molecule has 1 aromatic rings. The Kier molecular flexibility index (Phi) is 10.8. The molecule has 1 saturated heterocycles. The van der Waals surface area contributed by atoms with E-state index in [0.717, 1.165) is 18.3 Å². The van der Waals surface area contributed by atoms with Gasteiger partial charge in [0.1, 0.15) is 4.88 Å². The highest BCUT2D eigenvalue weighted by molar-refractivity contribution is 7.17. The lowest BCUT2D eigenvalue weighted by Gasteiger charge is -2.38. The Labute approximate surface area is 225 Å². The van der Waals surface area contributed by atoms with Gasteiger partial charge in [-0.3, -0.25) is 19.3 Å². The zero-order valence-corrected chi connectivity index (χ0v) is 23.2. The van der Waals surface area contributed by atoms with Crippen LogP contribution in [-0.2, 0) is 14.3 Å². The van der Waals surface area contributed by atoms with Crippen LogP contribution in [0.15, 0.2) is 6.20 Å². The van der Waals surface area contributed by atoms with Gasteiger partial charge >= 0.3 is 5.97 Å². The van der Waals surface area contributed by atoms with Crippen molar-refractivity contribution in [2.45, 2.75) is 84.0 Å². The highest BCUT2D eigenvalue weighted by atomic mass is 32.1. The molecule has 0 radical (unpaired) electrons. The SMILES string of the molecule is CCOC(=O)CN1CCN(C(=O)c2cnc(NC(=O)CCC(C3CCCCC3)C3CCCCC3)s2)CC1. The van der Waals surface area contributed by atoms with E-state index in [2.05, 4.69) is 10.3 Å². The van der Waals surface area contributed by atoms with E-state index in [1.165, 1.54) is 75.5 Å². The topological polar surface area (TPSA) is 91.8 Å². The predicted molar refractivity (Wildman–Crippen MR) is 146 cm³/mol. The fourth-order valence-corrected chi connectivity index (χ4v) is 7.35. The number of carbonyl (C=O) groups is 3. The first kappa shape index (κ1) is 28.0. The Hall–Kier alpha value is -2.00. The molecular formula is C28H44N4O4S. The number of carbonyl (C=O) groups excluding carboxylic acids is 3. The Bertz CT molecular complexity index is 868. The van der Waals surface area contributed by atoms with Crippen LogP contribution in [-0.4, -0.2) is 71.9 Å². The Morgan fingerprint density at radius 1 is 1.00 bits per heavy atom. The molecular weight excluding hydrogens is 488 g/mol. The minimum Gasteiger partial charge on any atom is -0.465 e. The third-order valence-corrected chi connectivity index (χ3v) is 9.40. The normalized spacial score (nSPS) is 20.2. The molecule has 0 bridgehead atoms. The number of piperazine rings is 1. The number of thiazole rings is 1. The van der Waals surface area contributed by atoms with Crippen molar-refractivity contribution >= 4 is 34.3 Å². The van der Waals surface area contributed by atoms with E-state index in [4.69, 9.17) is 4.74 Å². The summed E-state index contributed by atoms with van der Waals surface area (Å²) in [5.41, 5.74) is 0. The molecule has 0 spiro atoms. The van der Waals surface area contributed by atoms with Gasteiger partial charge in [-0.05, 0) is 31.1 Å². The molecule has 9 heteroatoms. The predicted octanol–water partition coefficient (Wildman–Crippen LogP) is 4.96. The van der Waals surface area contributed by atoms with Gasteiger partial charge in [-0.1, -0.05) is 75.5 Å². The number of aromatic nitrogens is 1. The molecule has 37 heavy (non-hydrogen) atoms. The van der Waals surface area contributed by atoms with Crippen molar-refractivity contribution in [3.05, 3.63) is 11.1 Å². The molecule has 0 unspecified atom stereocenters. The van der Waals surface area contributed by atoms with Crippen molar-refractivity contribution in [2.75, 3.05) is 44.6 Å². The number of rotatable bonds is 10. The number of hydrogen-bond donors (Lipinski definition) is 1. The maximum atomic E-state index is 13.0. The van der Waals surface area contributed by atoms with Gasteiger partial charge in [-0.15, -0.1) is 0 Å². The van der Waals surface area contributed by atoms with Gasteiger partial charge in [0.2, 0.25) is 5.91 Å². The van der Waals surface area contributed by atoms with Crippen LogP contribution in [0.5, 0.6) is 0 Å². The van der Waals surface area contributed by atoms with Crippen LogP contribution in [0, 0.1) is 17.8 Å². The fourth-order valence-electron chi connectivity index (χ4n) is 6.55. The molecule has 2 heterocycles. The van der Waals surface area contributed by atoms with Crippen molar-refractivity contribution in [3.63, 3.8) is 0 Å². The summed E-state index contributed by atoms with van der Waals surface area (Å²) in [5, 5.41) is 3.46. The molecule has 3 fully saturated rings. The lowest BCUT2D eigenvalue weighted by Crippen LogP contribution is -2.50. The first-order valence-corrected chi connectivity index (χ1v) is 15.3. The summed E-state index contributed by atoms with van der Waals surface area (Å²) in [7, 11) is 0.